The van der Waals surface area contributed by atoms with Crippen molar-refractivity contribution in [3.05, 3.63) is 88.7 Å². The van der Waals surface area contributed by atoms with Crippen LogP contribution in [0.4, 0.5) is 11.4 Å². The van der Waals surface area contributed by atoms with Crippen LogP contribution in [0.15, 0.2) is 67.0 Å². The molecule has 0 radical (unpaired) electrons. The van der Waals surface area contributed by atoms with Crippen LogP contribution < -0.4 is 16.0 Å². The van der Waals surface area contributed by atoms with Gasteiger partial charge in [0.05, 0.1) is 0 Å². The van der Waals surface area contributed by atoms with E-state index in [1.807, 2.05) is 31.2 Å². The van der Waals surface area contributed by atoms with E-state index in [1.54, 1.807) is 42.7 Å². The van der Waals surface area contributed by atoms with Gasteiger partial charge in [-0.3, -0.25) is 14.6 Å². The van der Waals surface area contributed by atoms with Crippen LogP contribution in [-0.4, -0.2) is 23.3 Å². The van der Waals surface area contributed by atoms with Crippen LogP contribution in [0.2, 0.25) is 5.02 Å². The third-order valence-corrected chi connectivity index (χ3v) is 4.88. The maximum absolute atomic E-state index is 12.4. The Balaban J connectivity index is 1.46. The average molecular weight is 423 g/mol. The van der Waals surface area contributed by atoms with Crippen molar-refractivity contribution < 1.29 is 9.59 Å². The second-order valence-electron chi connectivity index (χ2n) is 6.81. The third kappa shape index (κ3) is 6.32. The number of nitrogens with one attached hydrogen (secondary N) is 3. The molecule has 30 heavy (non-hydrogen) atoms. The predicted molar refractivity (Wildman–Crippen MR) is 120 cm³/mol. The van der Waals surface area contributed by atoms with E-state index < -0.39 is 0 Å². The van der Waals surface area contributed by atoms with Crippen LogP contribution >= 0.6 is 11.6 Å². The molecule has 7 heteroatoms. The lowest BCUT2D eigenvalue weighted by atomic mass is 10.1. The fourth-order valence-corrected chi connectivity index (χ4v) is 2.95. The molecule has 3 N–H and O–H groups in total. The van der Waals surface area contributed by atoms with E-state index in [-0.39, 0.29) is 11.8 Å². The predicted octanol–water partition coefficient (Wildman–Crippen LogP) is 4.41. The number of benzene rings is 2. The lowest BCUT2D eigenvalue weighted by molar-refractivity contribution is -0.121. The van der Waals surface area contributed by atoms with Crippen LogP contribution in [0.5, 0.6) is 0 Å². The molecule has 1 heterocycles. The second-order valence-corrected chi connectivity index (χ2v) is 7.22. The van der Waals surface area contributed by atoms with Gasteiger partial charge in [-0.1, -0.05) is 29.8 Å². The van der Waals surface area contributed by atoms with Gasteiger partial charge in [0, 0.05) is 53.9 Å². The van der Waals surface area contributed by atoms with Crippen LogP contribution in [0.25, 0.3) is 0 Å². The summed E-state index contributed by atoms with van der Waals surface area (Å²) in [6.07, 6.45) is 3.56. The van der Waals surface area contributed by atoms with Gasteiger partial charge in [0.1, 0.15) is 0 Å². The first-order chi connectivity index (χ1) is 14.5. The summed E-state index contributed by atoms with van der Waals surface area (Å²) in [5, 5.41) is 9.57. The first kappa shape index (κ1) is 21.3. The third-order valence-electron chi connectivity index (χ3n) is 4.47. The highest BCUT2D eigenvalue weighted by Crippen LogP contribution is 2.19. The summed E-state index contributed by atoms with van der Waals surface area (Å²) in [5.74, 6) is -0.289. The van der Waals surface area contributed by atoms with Gasteiger partial charge < -0.3 is 16.0 Å². The standard InChI is InChI=1S/C23H23ClN4O2/c1-16-5-6-20(14-21(16)24)26-12-9-22(29)27-15-17-3-2-4-18(13-17)23(30)28-19-7-10-25-11-8-19/h2-8,10-11,13-14,26H,9,12,15H2,1H3,(H,27,29)(H,25,28,30). The molecule has 0 saturated carbocycles. The van der Waals surface area contributed by atoms with E-state index in [4.69, 9.17) is 11.6 Å². The molecule has 0 saturated heterocycles. The minimum atomic E-state index is -0.213. The molecule has 0 spiro atoms. The zero-order valence-electron chi connectivity index (χ0n) is 16.6. The summed E-state index contributed by atoms with van der Waals surface area (Å²) >= 11 is 6.10. The smallest absolute Gasteiger partial charge is 0.255 e. The van der Waals surface area contributed by atoms with E-state index in [0.29, 0.717) is 35.8 Å². The quantitative estimate of drug-likeness (QED) is 0.502. The number of hydrogen-bond acceptors (Lipinski definition) is 4. The normalized spacial score (nSPS) is 10.3. The van der Waals surface area contributed by atoms with Gasteiger partial charge in [-0.05, 0) is 54.4 Å². The fourth-order valence-electron chi connectivity index (χ4n) is 2.77. The monoisotopic (exact) mass is 422 g/mol. The number of rotatable bonds is 8. The van der Waals surface area contributed by atoms with E-state index in [2.05, 4.69) is 20.9 Å². The fraction of sp³-hybridized carbons (Fsp3) is 0.174. The number of carbonyl (C=O) groups excluding carboxylic acids is 2. The van der Waals surface area contributed by atoms with E-state index >= 15 is 0 Å². The molecule has 0 unspecified atom stereocenters. The lowest BCUT2D eigenvalue weighted by Gasteiger charge is -2.10. The first-order valence-corrected chi connectivity index (χ1v) is 9.96. The molecule has 0 aliphatic rings. The van der Waals surface area contributed by atoms with Gasteiger partial charge in [-0.2, -0.15) is 0 Å². The highest BCUT2D eigenvalue weighted by Gasteiger charge is 2.08. The van der Waals surface area contributed by atoms with E-state index in [9.17, 15) is 9.59 Å². The molecule has 1 aromatic heterocycles. The molecule has 0 aliphatic heterocycles. The van der Waals surface area contributed by atoms with Gasteiger partial charge >= 0.3 is 0 Å². The summed E-state index contributed by atoms with van der Waals surface area (Å²) in [6, 6.07) is 16.3. The highest BCUT2D eigenvalue weighted by molar-refractivity contribution is 6.31. The molecule has 2 amide bonds. The maximum Gasteiger partial charge on any atom is 0.255 e. The average Bonchev–Trinajstić information content (AvgIpc) is 2.76. The summed E-state index contributed by atoms with van der Waals surface area (Å²) in [5.41, 5.74) is 3.94. The minimum Gasteiger partial charge on any atom is -0.384 e. The van der Waals surface area contributed by atoms with Gasteiger partial charge in [-0.15, -0.1) is 0 Å². The Hall–Kier alpha value is -3.38. The summed E-state index contributed by atoms with van der Waals surface area (Å²) < 4.78 is 0. The Morgan fingerprint density at radius 2 is 1.80 bits per heavy atom. The Kier molecular flexibility index (Phi) is 7.40. The number of amides is 2. The highest BCUT2D eigenvalue weighted by atomic mass is 35.5. The zero-order valence-corrected chi connectivity index (χ0v) is 17.4. The molecule has 6 nitrogen and oxygen atoms in total. The number of aromatic nitrogens is 1. The molecular weight excluding hydrogens is 400 g/mol. The number of hydrogen-bond donors (Lipinski definition) is 3. The van der Waals surface area contributed by atoms with Gasteiger partial charge in [-0.25, -0.2) is 0 Å². The molecule has 2 aromatic carbocycles. The van der Waals surface area contributed by atoms with Crippen LogP contribution in [0, 0.1) is 6.92 Å². The maximum atomic E-state index is 12.4. The topological polar surface area (TPSA) is 83.1 Å². The molecule has 0 atom stereocenters. The largest absolute Gasteiger partial charge is 0.384 e. The Labute approximate surface area is 180 Å². The van der Waals surface area contributed by atoms with E-state index in [1.165, 1.54) is 0 Å². The summed E-state index contributed by atoms with van der Waals surface area (Å²) in [6.45, 7) is 2.79. The molecule has 154 valence electrons. The van der Waals surface area contributed by atoms with Crippen LogP contribution in [0.3, 0.4) is 0 Å². The molecule has 0 fully saturated rings. The lowest BCUT2D eigenvalue weighted by Crippen LogP contribution is -2.25. The van der Waals surface area contributed by atoms with Crippen molar-refractivity contribution in [1.82, 2.24) is 10.3 Å². The number of nitrogens with zero attached hydrogens (tertiary/aromatic N) is 1. The Morgan fingerprint density at radius 1 is 1.00 bits per heavy atom. The van der Waals surface area contributed by atoms with Crippen molar-refractivity contribution in [2.45, 2.75) is 19.9 Å². The number of pyridine rings is 1. The van der Waals surface area contributed by atoms with Crippen LogP contribution in [0.1, 0.15) is 27.9 Å². The Morgan fingerprint density at radius 3 is 2.57 bits per heavy atom. The summed E-state index contributed by atoms with van der Waals surface area (Å²) in [7, 11) is 0. The van der Waals surface area contributed by atoms with Crippen molar-refractivity contribution in [3.63, 3.8) is 0 Å². The molecule has 0 bridgehead atoms. The van der Waals surface area contributed by atoms with Crippen molar-refractivity contribution in [2.75, 3.05) is 17.2 Å². The molecular formula is C23H23ClN4O2. The molecule has 3 rings (SSSR count). The number of aryl methyl sites for hydroxylation is 1. The van der Waals surface area contributed by atoms with Crippen molar-refractivity contribution in [1.29, 1.82) is 0 Å². The van der Waals surface area contributed by atoms with Gasteiger partial charge in [0.2, 0.25) is 5.91 Å². The number of anilines is 2. The van der Waals surface area contributed by atoms with Gasteiger partial charge in [0.25, 0.3) is 5.91 Å². The zero-order chi connectivity index (χ0) is 21.3. The SMILES string of the molecule is Cc1ccc(NCCC(=O)NCc2cccc(C(=O)Nc3ccncc3)c2)cc1Cl. The second kappa shape index (κ2) is 10.4. The van der Waals surface area contributed by atoms with Crippen molar-refractivity contribution in [2.24, 2.45) is 0 Å². The molecule has 0 aliphatic carbocycles. The first-order valence-electron chi connectivity index (χ1n) is 9.58. The van der Waals surface area contributed by atoms with Crippen molar-refractivity contribution in [3.8, 4) is 0 Å². The molecule has 3 aromatic rings. The summed E-state index contributed by atoms with van der Waals surface area (Å²) in [4.78, 5) is 28.4. The van der Waals surface area contributed by atoms with E-state index in [0.717, 1.165) is 16.8 Å². The Bertz CT molecular complexity index is 1020. The minimum absolute atomic E-state index is 0.0765. The van der Waals surface area contributed by atoms with Crippen LogP contribution in [-0.2, 0) is 11.3 Å². The number of halogens is 1. The number of carbonyl (C=O) groups is 2. The van der Waals surface area contributed by atoms with Crippen molar-refractivity contribution >= 4 is 34.8 Å². The van der Waals surface area contributed by atoms with Gasteiger partial charge in [0.15, 0.2) is 0 Å².